The van der Waals surface area contributed by atoms with Crippen molar-refractivity contribution in [1.29, 1.82) is 0 Å². The maximum atomic E-state index is 13.0. The van der Waals surface area contributed by atoms with Gasteiger partial charge in [-0.3, -0.25) is 4.79 Å². The molecule has 0 bridgehead atoms. The molecule has 1 heterocycles. The SMILES string of the molecule is O=C(NC1CCCCC1)c1ccc2c(c1)c1c(n2CCCNCc2ccccc2)CCCC1. The number of fused-ring (bicyclic) bond motifs is 3. The zero-order chi connectivity index (χ0) is 22.5. The number of aryl methyl sites for hydroxylation is 2. The molecule has 33 heavy (non-hydrogen) atoms. The molecule has 4 heteroatoms. The molecule has 5 rings (SSSR count). The van der Waals surface area contributed by atoms with Gasteiger partial charge in [-0.05, 0) is 80.8 Å². The topological polar surface area (TPSA) is 46.1 Å². The quantitative estimate of drug-likeness (QED) is 0.435. The third-order valence-corrected chi connectivity index (χ3v) is 7.49. The average molecular weight is 444 g/mol. The van der Waals surface area contributed by atoms with E-state index in [1.807, 2.05) is 6.07 Å². The summed E-state index contributed by atoms with van der Waals surface area (Å²) in [5, 5.41) is 8.19. The van der Waals surface area contributed by atoms with E-state index < -0.39 is 0 Å². The molecule has 0 atom stereocenters. The maximum Gasteiger partial charge on any atom is 0.251 e. The summed E-state index contributed by atoms with van der Waals surface area (Å²) in [5.41, 5.74) is 6.45. The van der Waals surface area contributed by atoms with Crippen molar-refractivity contribution in [2.45, 2.75) is 83.3 Å². The fourth-order valence-corrected chi connectivity index (χ4v) is 5.74. The van der Waals surface area contributed by atoms with Crippen LogP contribution in [0.25, 0.3) is 10.9 Å². The van der Waals surface area contributed by atoms with E-state index in [-0.39, 0.29) is 5.91 Å². The predicted molar refractivity (Wildman–Crippen MR) is 136 cm³/mol. The fourth-order valence-electron chi connectivity index (χ4n) is 5.74. The van der Waals surface area contributed by atoms with Crippen LogP contribution in [0.2, 0.25) is 0 Å². The minimum absolute atomic E-state index is 0.103. The van der Waals surface area contributed by atoms with Crippen LogP contribution in [0.15, 0.2) is 48.5 Å². The Morgan fingerprint density at radius 1 is 0.939 bits per heavy atom. The van der Waals surface area contributed by atoms with E-state index in [2.05, 4.69) is 57.7 Å². The summed E-state index contributed by atoms with van der Waals surface area (Å²) in [5.74, 6) is 0.103. The van der Waals surface area contributed by atoms with E-state index in [9.17, 15) is 4.79 Å². The van der Waals surface area contributed by atoms with Crippen LogP contribution in [0.4, 0.5) is 0 Å². The molecule has 3 aromatic rings. The number of amides is 1. The van der Waals surface area contributed by atoms with E-state index in [0.29, 0.717) is 6.04 Å². The smallest absolute Gasteiger partial charge is 0.251 e. The molecule has 0 radical (unpaired) electrons. The Labute approximate surface area is 197 Å². The highest BCUT2D eigenvalue weighted by Gasteiger charge is 2.22. The summed E-state index contributed by atoms with van der Waals surface area (Å²) in [6.07, 6.45) is 11.9. The molecule has 0 aliphatic heterocycles. The maximum absolute atomic E-state index is 13.0. The zero-order valence-electron chi connectivity index (χ0n) is 19.7. The second-order valence-electron chi connectivity index (χ2n) is 9.84. The van der Waals surface area contributed by atoms with Crippen LogP contribution >= 0.6 is 0 Å². The lowest BCUT2D eigenvalue weighted by molar-refractivity contribution is 0.0928. The van der Waals surface area contributed by atoms with Crippen molar-refractivity contribution in [3.63, 3.8) is 0 Å². The van der Waals surface area contributed by atoms with Gasteiger partial charge in [0.05, 0.1) is 0 Å². The Hall–Kier alpha value is -2.59. The summed E-state index contributed by atoms with van der Waals surface area (Å²) in [7, 11) is 0. The lowest BCUT2D eigenvalue weighted by atomic mass is 9.94. The molecule has 1 amide bonds. The van der Waals surface area contributed by atoms with Crippen LogP contribution in [0.1, 0.15) is 78.5 Å². The minimum atomic E-state index is 0.103. The van der Waals surface area contributed by atoms with Gasteiger partial charge in [0.25, 0.3) is 5.91 Å². The van der Waals surface area contributed by atoms with E-state index in [0.717, 1.165) is 57.3 Å². The lowest BCUT2D eigenvalue weighted by Crippen LogP contribution is -2.36. The standard InChI is InChI=1S/C29H37N3O/c33-29(31-24-12-5-2-6-13-24)23-16-17-28-26(20-23)25-14-7-8-15-27(25)32(28)19-9-18-30-21-22-10-3-1-4-11-22/h1,3-4,10-11,16-17,20,24,30H,2,5-9,12-15,18-19,21H2,(H,31,33). The number of aromatic nitrogens is 1. The third-order valence-electron chi connectivity index (χ3n) is 7.49. The van der Waals surface area contributed by atoms with Gasteiger partial charge < -0.3 is 15.2 Å². The number of hydrogen-bond donors (Lipinski definition) is 2. The third kappa shape index (κ3) is 5.16. The van der Waals surface area contributed by atoms with Crippen molar-refractivity contribution in [2.75, 3.05) is 6.54 Å². The van der Waals surface area contributed by atoms with Crippen molar-refractivity contribution >= 4 is 16.8 Å². The molecule has 1 saturated carbocycles. The van der Waals surface area contributed by atoms with Gasteiger partial charge in [-0.25, -0.2) is 0 Å². The number of rotatable bonds is 8. The molecule has 2 aromatic carbocycles. The van der Waals surface area contributed by atoms with Gasteiger partial charge in [0, 0.05) is 41.3 Å². The van der Waals surface area contributed by atoms with Crippen LogP contribution in [0.3, 0.4) is 0 Å². The van der Waals surface area contributed by atoms with Crippen LogP contribution < -0.4 is 10.6 Å². The Morgan fingerprint density at radius 3 is 2.61 bits per heavy atom. The van der Waals surface area contributed by atoms with Crippen LogP contribution in [0.5, 0.6) is 0 Å². The van der Waals surface area contributed by atoms with Gasteiger partial charge in [-0.1, -0.05) is 49.6 Å². The number of benzene rings is 2. The average Bonchev–Trinajstić information content (AvgIpc) is 3.18. The van der Waals surface area contributed by atoms with E-state index in [1.54, 1.807) is 0 Å². The Bertz CT molecular complexity index is 1080. The van der Waals surface area contributed by atoms with Gasteiger partial charge in [-0.2, -0.15) is 0 Å². The Kier molecular flexibility index (Phi) is 7.11. The Balaban J connectivity index is 1.28. The predicted octanol–water partition coefficient (Wildman–Crippen LogP) is 5.76. The first-order chi connectivity index (χ1) is 16.3. The number of nitrogens with one attached hydrogen (secondary N) is 2. The lowest BCUT2D eigenvalue weighted by Gasteiger charge is -2.22. The second-order valence-corrected chi connectivity index (χ2v) is 9.84. The summed E-state index contributed by atoms with van der Waals surface area (Å²) >= 11 is 0. The highest BCUT2D eigenvalue weighted by Crippen LogP contribution is 2.33. The van der Waals surface area contributed by atoms with Crippen molar-refractivity contribution in [3.8, 4) is 0 Å². The first-order valence-corrected chi connectivity index (χ1v) is 13.0. The molecule has 2 N–H and O–H groups in total. The number of hydrogen-bond acceptors (Lipinski definition) is 2. The van der Waals surface area contributed by atoms with Crippen molar-refractivity contribution in [1.82, 2.24) is 15.2 Å². The minimum Gasteiger partial charge on any atom is -0.349 e. The van der Waals surface area contributed by atoms with E-state index in [4.69, 9.17) is 0 Å². The molecule has 0 unspecified atom stereocenters. The highest BCUT2D eigenvalue weighted by molar-refractivity contribution is 5.99. The van der Waals surface area contributed by atoms with Gasteiger partial charge in [0.2, 0.25) is 0 Å². The summed E-state index contributed by atoms with van der Waals surface area (Å²) < 4.78 is 2.54. The van der Waals surface area contributed by atoms with E-state index in [1.165, 1.54) is 59.8 Å². The summed E-state index contributed by atoms with van der Waals surface area (Å²) in [6.45, 7) is 2.96. The van der Waals surface area contributed by atoms with Crippen LogP contribution in [0, 0.1) is 0 Å². The fraction of sp³-hybridized carbons (Fsp3) is 0.483. The molecule has 1 aromatic heterocycles. The molecule has 0 saturated heterocycles. The van der Waals surface area contributed by atoms with Crippen molar-refractivity contribution in [2.24, 2.45) is 0 Å². The number of carbonyl (C=O) groups excluding carboxylic acids is 1. The molecule has 174 valence electrons. The van der Waals surface area contributed by atoms with Crippen molar-refractivity contribution < 1.29 is 4.79 Å². The van der Waals surface area contributed by atoms with Gasteiger partial charge in [0.1, 0.15) is 0 Å². The van der Waals surface area contributed by atoms with Gasteiger partial charge in [-0.15, -0.1) is 0 Å². The number of carbonyl (C=O) groups is 1. The van der Waals surface area contributed by atoms with Crippen molar-refractivity contribution in [3.05, 3.63) is 70.9 Å². The highest BCUT2D eigenvalue weighted by atomic mass is 16.1. The molecule has 2 aliphatic rings. The Morgan fingerprint density at radius 2 is 1.76 bits per heavy atom. The summed E-state index contributed by atoms with van der Waals surface area (Å²) in [4.78, 5) is 13.0. The van der Waals surface area contributed by atoms with Crippen LogP contribution in [-0.2, 0) is 25.9 Å². The first kappa shape index (κ1) is 22.2. The molecule has 2 aliphatic carbocycles. The summed E-state index contributed by atoms with van der Waals surface area (Å²) in [6, 6.07) is 17.4. The van der Waals surface area contributed by atoms with E-state index >= 15 is 0 Å². The second kappa shape index (κ2) is 10.6. The molecular weight excluding hydrogens is 406 g/mol. The monoisotopic (exact) mass is 443 g/mol. The molecule has 1 fully saturated rings. The largest absolute Gasteiger partial charge is 0.349 e. The first-order valence-electron chi connectivity index (χ1n) is 13.0. The normalized spacial score (nSPS) is 16.6. The molecule has 4 nitrogen and oxygen atoms in total. The van der Waals surface area contributed by atoms with Gasteiger partial charge in [0.15, 0.2) is 0 Å². The zero-order valence-corrected chi connectivity index (χ0v) is 19.7. The number of nitrogens with zero attached hydrogens (tertiary/aromatic N) is 1. The molecular formula is C29H37N3O. The van der Waals surface area contributed by atoms with Gasteiger partial charge >= 0.3 is 0 Å². The molecule has 0 spiro atoms. The van der Waals surface area contributed by atoms with Crippen LogP contribution in [-0.4, -0.2) is 23.1 Å².